The Kier molecular flexibility index (Phi) is 4.45. The van der Waals surface area contributed by atoms with E-state index in [1.165, 1.54) is 4.31 Å². The molecule has 1 fully saturated rings. The van der Waals surface area contributed by atoms with Gasteiger partial charge < -0.3 is 5.11 Å². The van der Waals surface area contributed by atoms with Crippen LogP contribution >= 0.6 is 0 Å². The summed E-state index contributed by atoms with van der Waals surface area (Å²) in [5.74, 6) is -0.855. The maximum Gasteiger partial charge on any atom is 0.303 e. The zero-order chi connectivity index (χ0) is 14.8. The molecule has 0 aromatic heterocycles. The van der Waals surface area contributed by atoms with Crippen molar-refractivity contribution in [3.8, 4) is 0 Å². The van der Waals surface area contributed by atoms with Crippen LogP contribution in [0.1, 0.15) is 31.2 Å². The Hall–Kier alpha value is -1.40. The van der Waals surface area contributed by atoms with Crippen molar-refractivity contribution in [2.45, 2.75) is 43.0 Å². The van der Waals surface area contributed by atoms with Gasteiger partial charge in [-0.3, -0.25) is 4.79 Å². The molecule has 1 aliphatic rings. The van der Waals surface area contributed by atoms with Gasteiger partial charge in [0.05, 0.1) is 4.90 Å². The van der Waals surface area contributed by atoms with E-state index < -0.39 is 16.0 Å². The third kappa shape index (κ3) is 3.19. The third-order valence-corrected chi connectivity index (χ3v) is 5.74. The lowest BCUT2D eigenvalue weighted by atomic mass is 9.94. The zero-order valence-corrected chi connectivity index (χ0v) is 12.3. The summed E-state index contributed by atoms with van der Waals surface area (Å²) >= 11 is 0. The van der Waals surface area contributed by atoms with Gasteiger partial charge in [0.15, 0.2) is 0 Å². The van der Waals surface area contributed by atoms with E-state index in [9.17, 15) is 13.2 Å². The minimum absolute atomic E-state index is 0.0497. The standard InChI is InChI=1S/C14H19NO4S/c1-15(12-3-2-4-12)20(18,19)13-8-5-11(6-9-13)7-10-14(16)17/h5-6,8-9,12H,2-4,7,10H2,1H3,(H,16,17). The van der Waals surface area contributed by atoms with Crippen LogP contribution in [-0.4, -0.2) is 36.9 Å². The van der Waals surface area contributed by atoms with Crippen LogP contribution in [-0.2, 0) is 21.2 Å². The number of hydrogen-bond donors (Lipinski definition) is 1. The van der Waals surface area contributed by atoms with Crippen molar-refractivity contribution >= 4 is 16.0 Å². The fraction of sp³-hybridized carbons (Fsp3) is 0.500. The van der Waals surface area contributed by atoms with E-state index in [2.05, 4.69) is 0 Å². The molecule has 0 unspecified atom stereocenters. The normalized spacial score (nSPS) is 16.1. The molecule has 1 aliphatic carbocycles. The average molecular weight is 297 g/mol. The van der Waals surface area contributed by atoms with Crippen LogP contribution in [0.5, 0.6) is 0 Å². The SMILES string of the molecule is CN(C1CCC1)S(=O)(=O)c1ccc(CCC(=O)O)cc1. The first-order valence-electron chi connectivity index (χ1n) is 6.70. The lowest BCUT2D eigenvalue weighted by molar-refractivity contribution is -0.136. The van der Waals surface area contributed by atoms with Crippen molar-refractivity contribution in [3.63, 3.8) is 0 Å². The van der Waals surface area contributed by atoms with Crippen molar-refractivity contribution in [3.05, 3.63) is 29.8 Å². The molecule has 0 heterocycles. The molecule has 1 N–H and O–H groups in total. The molecule has 20 heavy (non-hydrogen) atoms. The smallest absolute Gasteiger partial charge is 0.303 e. The van der Waals surface area contributed by atoms with Gasteiger partial charge in [0, 0.05) is 19.5 Å². The van der Waals surface area contributed by atoms with Gasteiger partial charge in [-0.2, -0.15) is 4.31 Å². The summed E-state index contributed by atoms with van der Waals surface area (Å²) < 4.78 is 26.2. The van der Waals surface area contributed by atoms with Gasteiger partial charge >= 0.3 is 5.97 Å². The first-order chi connectivity index (χ1) is 9.41. The molecule has 1 aromatic carbocycles. The molecule has 0 amide bonds. The third-order valence-electron chi connectivity index (χ3n) is 3.82. The number of hydrogen-bond acceptors (Lipinski definition) is 3. The van der Waals surface area contributed by atoms with Crippen LogP contribution in [0.2, 0.25) is 0 Å². The molecule has 0 bridgehead atoms. The molecule has 110 valence electrons. The Balaban J connectivity index is 2.10. The number of nitrogens with zero attached hydrogens (tertiary/aromatic N) is 1. The van der Waals surface area contributed by atoms with E-state index in [0.29, 0.717) is 6.42 Å². The number of aryl methyl sites for hydroxylation is 1. The van der Waals surface area contributed by atoms with Crippen LogP contribution in [0.15, 0.2) is 29.2 Å². The molecular weight excluding hydrogens is 278 g/mol. The van der Waals surface area contributed by atoms with Crippen molar-refractivity contribution in [2.24, 2.45) is 0 Å². The quantitative estimate of drug-likeness (QED) is 0.870. The summed E-state index contributed by atoms with van der Waals surface area (Å²) in [5, 5.41) is 8.62. The summed E-state index contributed by atoms with van der Waals surface area (Å²) in [6.07, 6.45) is 3.39. The zero-order valence-electron chi connectivity index (χ0n) is 11.4. The van der Waals surface area contributed by atoms with E-state index in [4.69, 9.17) is 5.11 Å². The van der Waals surface area contributed by atoms with Gasteiger partial charge in [0.1, 0.15) is 0 Å². The Morgan fingerprint density at radius 2 is 1.90 bits per heavy atom. The highest BCUT2D eigenvalue weighted by Crippen LogP contribution is 2.28. The first-order valence-corrected chi connectivity index (χ1v) is 8.14. The lowest BCUT2D eigenvalue weighted by Gasteiger charge is -2.33. The van der Waals surface area contributed by atoms with Gasteiger partial charge in [0.25, 0.3) is 0 Å². The number of carboxylic acids is 1. The van der Waals surface area contributed by atoms with Crippen molar-refractivity contribution in [1.82, 2.24) is 4.31 Å². The molecule has 0 spiro atoms. The summed E-state index contributed by atoms with van der Waals surface area (Å²) in [6, 6.07) is 6.60. The number of aliphatic carboxylic acids is 1. The molecule has 0 aliphatic heterocycles. The molecule has 6 heteroatoms. The highest BCUT2D eigenvalue weighted by Gasteiger charge is 2.31. The molecule has 0 atom stereocenters. The summed E-state index contributed by atoms with van der Waals surface area (Å²) in [4.78, 5) is 10.8. The van der Waals surface area contributed by atoms with Crippen molar-refractivity contribution < 1.29 is 18.3 Å². The summed E-state index contributed by atoms with van der Waals surface area (Å²) in [6.45, 7) is 0. The average Bonchev–Trinajstić information content (AvgIpc) is 2.34. The van der Waals surface area contributed by atoms with Crippen LogP contribution in [0, 0.1) is 0 Å². The van der Waals surface area contributed by atoms with Crippen molar-refractivity contribution in [1.29, 1.82) is 0 Å². The predicted molar refractivity (Wildman–Crippen MR) is 75.0 cm³/mol. The maximum atomic E-state index is 12.4. The second-order valence-electron chi connectivity index (χ2n) is 5.14. The van der Waals surface area contributed by atoms with Gasteiger partial charge in [-0.15, -0.1) is 0 Å². The molecule has 0 saturated heterocycles. The van der Waals surface area contributed by atoms with E-state index in [0.717, 1.165) is 24.8 Å². The molecule has 1 aromatic rings. The number of rotatable bonds is 6. The first kappa shape index (κ1) is 15.0. The molecule has 5 nitrogen and oxygen atoms in total. The van der Waals surface area contributed by atoms with Crippen LogP contribution in [0.25, 0.3) is 0 Å². The molecule has 1 saturated carbocycles. The maximum absolute atomic E-state index is 12.4. The second-order valence-corrected chi connectivity index (χ2v) is 7.14. The Morgan fingerprint density at radius 1 is 1.30 bits per heavy atom. The largest absolute Gasteiger partial charge is 0.481 e. The fourth-order valence-corrected chi connectivity index (χ4v) is 3.61. The van der Waals surface area contributed by atoms with Gasteiger partial charge in [-0.1, -0.05) is 18.6 Å². The van der Waals surface area contributed by atoms with E-state index in [1.807, 2.05) is 0 Å². The molecule has 2 rings (SSSR count). The Bertz CT molecular complexity index is 576. The number of benzene rings is 1. The molecule has 0 radical (unpaired) electrons. The second kappa shape index (κ2) is 5.93. The van der Waals surface area contributed by atoms with E-state index in [1.54, 1.807) is 31.3 Å². The van der Waals surface area contributed by atoms with Crippen LogP contribution in [0.4, 0.5) is 0 Å². The fourth-order valence-electron chi connectivity index (χ4n) is 2.19. The predicted octanol–water partition coefficient (Wildman–Crippen LogP) is 1.88. The Labute approximate surface area is 119 Å². The topological polar surface area (TPSA) is 74.7 Å². The summed E-state index contributed by atoms with van der Waals surface area (Å²) in [7, 11) is -1.81. The minimum Gasteiger partial charge on any atom is -0.481 e. The highest BCUT2D eigenvalue weighted by atomic mass is 32.2. The Morgan fingerprint density at radius 3 is 2.35 bits per heavy atom. The number of carboxylic acid groups (broad SMARTS) is 1. The number of sulfonamides is 1. The van der Waals surface area contributed by atoms with E-state index in [-0.39, 0.29) is 17.4 Å². The van der Waals surface area contributed by atoms with Gasteiger partial charge in [-0.05, 0) is 37.0 Å². The lowest BCUT2D eigenvalue weighted by Crippen LogP contribution is -2.41. The number of carbonyl (C=O) groups is 1. The van der Waals surface area contributed by atoms with Gasteiger partial charge in [-0.25, -0.2) is 8.42 Å². The summed E-state index contributed by atoms with van der Waals surface area (Å²) in [5.41, 5.74) is 0.831. The van der Waals surface area contributed by atoms with E-state index >= 15 is 0 Å². The molecular formula is C14H19NO4S. The highest BCUT2D eigenvalue weighted by molar-refractivity contribution is 7.89. The van der Waals surface area contributed by atoms with Gasteiger partial charge in [0.2, 0.25) is 10.0 Å². The van der Waals surface area contributed by atoms with Crippen molar-refractivity contribution in [2.75, 3.05) is 7.05 Å². The minimum atomic E-state index is -3.43. The monoisotopic (exact) mass is 297 g/mol. The van der Waals surface area contributed by atoms with Crippen LogP contribution < -0.4 is 0 Å². The van der Waals surface area contributed by atoms with Crippen LogP contribution in [0.3, 0.4) is 0 Å².